The lowest BCUT2D eigenvalue weighted by Crippen LogP contribution is -2.49. The zero-order valence-corrected chi connectivity index (χ0v) is 18.6. The number of rotatable bonds is 4. The average molecular weight is 495 g/mol. The maximum atomic E-state index is 14.1. The minimum absolute atomic E-state index is 0.0855. The van der Waals surface area contributed by atoms with Crippen molar-refractivity contribution in [2.24, 2.45) is 0 Å². The topological polar surface area (TPSA) is 65.8 Å². The van der Waals surface area contributed by atoms with Gasteiger partial charge in [-0.25, -0.2) is 9.18 Å². The number of amides is 1. The van der Waals surface area contributed by atoms with E-state index in [1.165, 1.54) is 10.9 Å². The number of nitrogens with zero attached hydrogens (tertiary/aromatic N) is 3. The molecule has 6 nitrogen and oxygen atoms in total. The second kappa shape index (κ2) is 9.59. The molecule has 1 amide bonds. The summed E-state index contributed by atoms with van der Waals surface area (Å²) in [6.07, 6.45) is -3.08. The Balaban J connectivity index is 0.000000344. The highest BCUT2D eigenvalue weighted by Crippen LogP contribution is 2.35. The van der Waals surface area contributed by atoms with E-state index in [-0.39, 0.29) is 23.8 Å². The number of aliphatic carboxylic acids is 1. The molecule has 1 aromatic carbocycles. The van der Waals surface area contributed by atoms with Gasteiger partial charge in [0.2, 0.25) is 0 Å². The summed E-state index contributed by atoms with van der Waals surface area (Å²) in [6, 6.07) is 15.2. The van der Waals surface area contributed by atoms with Gasteiger partial charge in [-0.1, -0.05) is 24.3 Å². The number of fused-ring (bicyclic) bond motifs is 3. The number of carboxylic acid groups (broad SMARTS) is 1. The molecule has 0 spiro atoms. The van der Waals surface area contributed by atoms with Crippen LogP contribution in [0.3, 0.4) is 0 Å². The Hall–Kier alpha value is -3.18. The maximum absolute atomic E-state index is 14.1. The second-order valence-corrected chi connectivity index (χ2v) is 9.07. The van der Waals surface area contributed by atoms with Crippen LogP contribution in [0, 0.1) is 5.82 Å². The fourth-order valence-electron chi connectivity index (χ4n) is 4.34. The predicted molar refractivity (Wildman–Crippen MR) is 117 cm³/mol. The van der Waals surface area contributed by atoms with E-state index in [9.17, 15) is 22.4 Å². The number of aromatic nitrogens is 1. The molecule has 2 atom stereocenters. The molecule has 0 bridgehead atoms. The SMILES string of the molecule is O=C(O)C(F)(F)F.O=C1c2cccn2C2CN(Cc3ccccc3F)CC2N1Cc1cccs1. The zero-order valence-electron chi connectivity index (χ0n) is 17.8. The lowest BCUT2D eigenvalue weighted by Gasteiger charge is -2.38. The van der Waals surface area contributed by atoms with Gasteiger partial charge in [-0.2, -0.15) is 13.2 Å². The third kappa shape index (κ3) is 5.00. The molecule has 2 aliphatic rings. The monoisotopic (exact) mass is 495 g/mol. The summed E-state index contributed by atoms with van der Waals surface area (Å²) in [7, 11) is 0. The first-order chi connectivity index (χ1) is 16.1. The number of carbonyl (C=O) groups excluding carboxylic acids is 1. The van der Waals surface area contributed by atoms with Crippen molar-refractivity contribution < 1.29 is 32.3 Å². The van der Waals surface area contributed by atoms with E-state index in [0.29, 0.717) is 18.7 Å². The first-order valence-corrected chi connectivity index (χ1v) is 11.3. The Labute approximate surface area is 196 Å². The van der Waals surface area contributed by atoms with Gasteiger partial charge in [-0.3, -0.25) is 9.69 Å². The largest absolute Gasteiger partial charge is 0.490 e. The standard InChI is InChI=1S/C21H20FN3OS.C2HF3O2/c22-17-7-2-1-5-15(17)11-23-13-19-20(14-23)25(12-16-6-4-10-27-16)21(26)18-8-3-9-24(18)19;3-2(4,5)1(6)7/h1-10,19-20H,11-14H2;(H,6,7). The van der Waals surface area contributed by atoms with Gasteiger partial charge in [0.1, 0.15) is 11.5 Å². The van der Waals surface area contributed by atoms with Gasteiger partial charge in [0.15, 0.2) is 0 Å². The fraction of sp³-hybridized carbons (Fsp3) is 0.304. The molecule has 2 unspecified atom stereocenters. The number of halogens is 4. The molecule has 3 aromatic rings. The quantitative estimate of drug-likeness (QED) is 0.545. The molecule has 2 aliphatic heterocycles. The van der Waals surface area contributed by atoms with Crippen LogP contribution < -0.4 is 0 Å². The Morgan fingerprint density at radius 1 is 1.03 bits per heavy atom. The van der Waals surface area contributed by atoms with Crippen molar-refractivity contribution in [2.45, 2.75) is 31.3 Å². The first kappa shape index (κ1) is 24.0. The molecule has 1 saturated heterocycles. The highest BCUT2D eigenvalue weighted by molar-refractivity contribution is 7.09. The van der Waals surface area contributed by atoms with Gasteiger partial charge in [0.05, 0.1) is 18.6 Å². The normalized spacial score (nSPS) is 19.9. The van der Waals surface area contributed by atoms with E-state index in [1.54, 1.807) is 17.4 Å². The Morgan fingerprint density at radius 2 is 1.74 bits per heavy atom. The highest BCUT2D eigenvalue weighted by atomic mass is 32.1. The van der Waals surface area contributed by atoms with Crippen molar-refractivity contribution >= 4 is 23.2 Å². The summed E-state index contributed by atoms with van der Waals surface area (Å²) >= 11 is 1.68. The van der Waals surface area contributed by atoms with Crippen molar-refractivity contribution in [3.63, 3.8) is 0 Å². The summed E-state index contributed by atoms with van der Waals surface area (Å²) in [5.74, 6) is -2.84. The molecule has 1 fully saturated rings. The Morgan fingerprint density at radius 3 is 2.38 bits per heavy atom. The molecule has 2 aromatic heterocycles. The highest BCUT2D eigenvalue weighted by Gasteiger charge is 2.45. The van der Waals surface area contributed by atoms with Crippen LogP contribution in [0.5, 0.6) is 0 Å². The molecule has 34 heavy (non-hydrogen) atoms. The molecular formula is C23H21F4N3O3S. The number of carboxylic acids is 1. The number of carbonyl (C=O) groups is 2. The molecule has 1 N–H and O–H groups in total. The van der Waals surface area contributed by atoms with Crippen LogP contribution in [0.25, 0.3) is 0 Å². The van der Waals surface area contributed by atoms with Crippen molar-refractivity contribution in [1.29, 1.82) is 0 Å². The fourth-order valence-corrected chi connectivity index (χ4v) is 5.05. The summed E-state index contributed by atoms with van der Waals surface area (Å²) in [5.41, 5.74) is 1.46. The summed E-state index contributed by atoms with van der Waals surface area (Å²) in [4.78, 5) is 27.5. The number of benzene rings is 1. The average Bonchev–Trinajstić information content (AvgIpc) is 3.53. The van der Waals surface area contributed by atoms with Crippen LogP contribution in [-0.4, -0.2) is 56.7 Å². The van der Waals surface area contributed by atoms with Crippen LogP contribution in [0.2, 0.25) is 0 Å². The first-order valence-electron chi connectivity index (χ1n) is 10.4. The van der Waals surface area contributed by atoms with Crippen molar-refractivity contribution in [3.05, 3.63) is 82.1 Å². The van der Waals surface area contributed by atoms with Gasteiger partial charge >= 0.3 is 12.1 Å². The minimum Gasteiger partial charge on any atom is -0.475 e. The van der Waals surface area contributed by atoms with E-state index < -0.39 is 12.1 Å². The molecule has 11 heteroatoms. The predicted octanol–water partition coefficient (Wildman–Crippen LogP) is 4.40. The minimum atomic E-state index is -5.08. The molecule has 0 saturated carbocycles. The maximum Gasteiger partial charge on any atom is 0.490 e. The lowest BCUT2D eigenvalue weighted by molar-refractivity contribution is -0.192. The van der Waals surface area contributed by atoms with Gasteiger partial charge in [0, 0.05) is 36.3 Å². The number of hydrogen-bond acceptors (Lipinski definition) is 4. The molecule has 0 aliphatic carbocycles. The van der Waals surface area contributed by atoms with E-state index in [2.05, 4.69) is 15.5 Å². The third-order valence-electron chi connectivity index (χ3n) is 5.85. The Kier molecular flexibility index (Phi) is 6.76. The van der Waals surface area contributed by atoms with Crippen LogP contribution in [-0.2, 0) is 17.9 Å². The third-order valence-corrected chi connectivity index (χ3v) is 6.71. The van der Waals surface area contributed by atoms with Crippen LogP contribution >= 0.6 is 11.3 Å². The molecular weight excluding hydrogens is 474 g/mol. The lowest BCUT2D eigenvalue weighted by atomic mass is 10.1. The molecule has 5 rings (SSSR count). The van der Waals surface area contributed by atoms with Gasteiger partial charge in [-0.05, 0) is 29.6 Å². The Bertz CT molecular complexity index is 1160. The zero-order chi connectivity index (χ0) is 24.5. The number of hydrogen-bond donors (Lipinski definition) is 1. The number of alkyl halides is 3. The van der Waals surface area contributed by atoms with E-state index in [4.69, 9.17) is 9.90 Å². The van der Waals surface area contributed by atoms with Gasteiger partial charge < -0.3 is 14.6 Å². The molecule has 180 valence electrons. The summed E-state index contributed by atoms with van der Waals surface area (Å²) in [6.45, 7) is 2.77. The van der Waals surface area contributed by atoms with E-state index in [1.807, 2.05) is 46.8 Å². The van der Waals surface area contributed by atoms with Gasteiger partial charge in [0.25, 0.3) is 5.91 Å². The molecule has 4 heterocycles. The van der Waals surface area contributed by atoms with Crippen LogP contribution in [0.4, 0.5) is 17.6 Å². The second-order valence-electron chi connectivity index (χ2n) is 8.04. The van der Waals surface area contributed by atoms with Crippen LogP contribution in [0.15, 0.2) is 60.1 Å². The number of likely N-dealkylation sites (tertiary alicyclic amines) is 1. The summed E-state index contributed by atoms with van der Waals surface area (Å²) in [5, 5.41) is 9.17. The molecule has 0 radical (unpaired) electrons. The number of thiophene rings is 1. The van der Waals surface area contributed by atoms with E-state index in [0.717, 1.165) is 18.8 Å². The van der Waals surface area contributed by atoms with Crippen molar-refractivity contribution in [2.75, 3.05) is 13.1 Å². The van der Waals surface area contributed by atoms with Crippen molar-refractivity contribution in [3.8, 4) is 0 Å². The smallest absolute Gasteiger partial charge is 0.475 e. The summed E-state index contributed by atoms with van der Waals surface area (Å²) < 4.78 is 47.9. The van der Waals surface area contributed by atoms with E-state index >= 15 is 0 Å². The van der Waals surface area contributed by atoms with Crippen molar-refractivity contribution in [1.82, 2.24) is 14.4 Å². The van der Waals surface area contributed by atoms with Crippen LogP contribution in [0.1, 0.15) is 27.0 Å². The van der Waals surface area contributed by atoms with Gasteiger partial charge in [-0.15, -0.1) is 11.3 Å².